The van der Waals surface area contributed by atoms with Crippen LogP contribution in [0.5, 0.6) is 0 Å². The SMILES string of the molecule is Cc1nc(Cn2c(C(=O)O)cnc2C)no1. The maximum atomic E-state index is 10.9. The fourth-order valence-electron chi connectivity index (χ4n) is 1.39. The lowest BCUT2D eigenvalue weighted by molar-refractivity contribution is 0.0685. The van der Waals surface area contributed by atoms with Crippen LogP contribution < -0.4 is 0 Å². The molecule has 2 aromatic heterocycles. The number of aromatic nitrogens is 4. The third-order valence-electron chi connectivity index (χ3n) is 2.14. The van der Waals surface area contributed by atoms with Gasteiger partial charge in [-0.05, 0) is 6.92 Å². The third-order valence-corrected chi connectivity index (χ3v) is 2.14. The van der Waals surface area contributed by atoms with Gasteiger partial charge < -0.3 is 14.2 Å². The van der Waals surface area contributed by atoms with Crippen molar-refractivity contribution in [3.63, 3.8) is 0 Å². The number of carboxylic acid groups (broad SMARTS) is 1. The van der Waals surface area contributed by atoms with E-state index >= 15 is 0 Å². The summed E-state index contributed by atoms with van der Waals surface area (Å²) in [7, 11) is 0. The maximum Gasteiger partial charge on any atom is 0.354 e. The zero-order chi connectivity index (χ0) is 11.7. The number of aromatic carboxylic acids is 1. The Labute approximate surface area is 90.7 Å². The summed E-state index contributed by atoms with van der Waals surface area (Å²) in [5.74, 6) is 0.450. The lowest BCUT2D eigenvalue weighted by Gasteiger charge is -2.03. The molecule has 0 aliphatic rings. The van der Waals surface area contributed by atoms with Crippen molar-refractivity contribution < 1.29 is 14.4 Å². The summed E-state index contributed by atoms with van der Waals surface area (Å²) in [5, 5.41) is 12.6. The second-order valence-electron chi connectivity index (χ2n) is 3.31. The molecule has 0 radical (unpaired) electrons. The predicted molar refractivity (Wildman–Crippen MR) is 52.1 cm³/mol. The molecule has 2 heterocycles. The number of hydrogen-bond acceptors (Lipinski definition) is 5. The van der Waals surface area contributed by atoms with E-state index in [1.807, 2.05) is 0 Å². The van der Waals surface area contributed by atoms with Crippen LogP contribution in [-0.2, 0) is 6.54 Å². The predicted octanol–water partition coefficient (Wildman–Crippen LogP) is 0.629. The van der Waals surface area contributed by atoms with Crippen LogP contribution in [0.3, 0.4) is 0 Å². The molecule has 16 heavy (non-hydrogen) atoms. The van der Waals surface area contributed by atoms with E-state index in [-0.39, 0.29) is 12.2 Å². The van der Waals surface area contributed by atoms with Crippen LogP contribution in [0, 0.1) is 13.8 Å². The number of imidazole rings is 1. The summed E-state index contributed by atoms with van der Waals surface area (Å²) in [6.07, 6.45) is 1.31. The average molecular weight is 222 g/mol. The first-order valence-electron chi connectivity index (χ1n) is 4.62. The Hall–Kier alpha value is -2.18. The fraction of sp³-hybridized carbons (Fsp3) is 0.333. The molecule has 2 aromatic rings. The van der Waals surface area contributed by atoms with Crippen LogP contribution in [0.4, 0.5) is 0 Å². The smallest absolute Gasteiger partial charge is 0.354 e. The van der Waals surface area contributed by atoms with E-state index in [0.29, 0.717) is 17.5 Å². The second-order valence-corrected chi connectivity index (χ2v) is 3.31. The van der Waals surface area contributed by atoms with Gasteiger partial charge in [0.1, 0.15) is 11.5 Å². The summed E-state index contributed by atoms with van der Waals surface area (Å²) < 4.78 is 6.33. The van der Waals surface area contributed by atoms with E-state index in [1.54, 1.807) is 13.8 Å². The molecule has 0 aliphatic heterocycles. The van der Waals surface area contributed by atoms with Gasteiger partial charge in [0.15, 0.2) is 5.82 Å². The minimum Gasteiger partial charge on any atom is -0.477 e. The minimum atomic E-state index is -1.03. The first-order chi connectivity index (χ1) is 7.58. The molecule has 0 unspecified atom stereocenters. The van der Waals surface area contributed by atoms with Crippen LogP contribution in [0.2, 0.25) is 0 Å². The molecule has 7 nitrogen and oxygen atoms in total. The number of aryl methyl sites for hydroxylation is 2. The van der Waals surface area contributed by atoms with Gasteiger partial charge in [0, 0.05) is 6.92 Å². The first-order valence-corrected chi connectivity index (χ1v) is 4.62. The number of nitrogens with zero attached hydrogens (tertiary/aromatic N) is 4. The Balaban J connectivity index is 2.33. The molecule has 84 valence electrons. The zero-order valence-corrected chi connectivity index (χ0v) is 8.84. The van der Waals surface area contributed by atoms with Gasteiger partial charge in [-0.1, -0.05) is 5.16 Å². The first kappa shape index (κ1) is 10.3. The van der Waals surface area contributed by atoms with Crippen LogP contribution >= 0.6 is 0 Å². The lowest BCUT2D eigenvalue weighted by Crippen LogP contribution is -2.11. The molecule has 0 amide bonds. The monoisotopic (exact) mass is 222 g/mol. The molecule has 1 N–H and O–H groups in total. The topological polar surface area (TPSA) is 94.0 Å². The van der Waals surface area contributed by atoms with Crippen molar-refractivity contribution in [2.24, 2.45) is 0 Å². The highest BCUT2D eigenvalue weighted by Crippen LogP contribution is 2.07. The molecule has 0 spiro atoms. The number of hydrogen-bond donors (Lipinski definition) is 1. The largest absolute Gasteiger partial charge is 0.477 e. The van der Waals surface area contributed by atoms with E-state index < -0.39 is 5.97 Å². The molecule has 0 fully saturated rings. The van der Waals surface area contributed by atoms with Crippen LogP contribution in [-0.4, -0.2) is 30.8 Å². The van der Waals surface area contributed by atoms with E-state index in [0.717, 1.165) is 0 Å². The van der Waals surface area contributed by atoms with Crippen molar-refractivity contribution in [3.05, 3.63) is 29.4 Å². The molecule has 0 bridgehead atoms. The Morgan fingerprint density at radius 2 is 2.31 bits per heavy atom. The summed E-state index contributed by atoms with van der Waals surface area (Å²) in [6.45, 7) is 3.64. The summed E-state index contributed by atoms with van der Waals surface area (Å²) in [6, 6.07) is 0. The van der Waals surface area contributed by atoms with E-state index in [9.17, 15) is 4.79 Å². The molecule has 0 aromatic carbocycles. The third kappa shape index (κ3) is 1.79. The van der Waals surface area contributed by atoms with Crippen LogP contribution in [0.25, 0.3) is 0 Å². The van der Waals surface area contributed by atoms with Gasteiger partial charge in [0.2, 0.25) is 5.89 Å². The van der Waals surface area contributed by atoms with Gasteiger partial charge >= 0.3 is 5.97 Å². The molecule has 0 saturated heterocycles. The highest BCUT2D eigenvalue weighted by atomic mass is 16.5. The van der Waals surface area contributed by atoms with Gasteiger partial charge in [-0.25, -0.2) is 9.78 Å². The lowest BCUT2D eigenvalue weighted by atomic mass is 10.4. The van der Waals surface area contributed by atoms with Crippen molar-refractivity contribution in [2.45, 2.75) is 20.4 Å². The highest BCUT2D eigenvalue weighted by molar-refractivity contribution is 5.85. The fourth-order valence-corrected chi connectivity index (χ4v) is 1.39. The van der Waals surface area contributed by atoms with Gasteiger partial charge in [-0.2, -0.15) is 4.98 Å². The molecule has 7 heteroatoms. The quantitative estimate of drug-likeness (QED) is 0.818. The zero-order valence-electron chi connectivity index (χ0n) is 8.84. The van der Waals surface area contributed by atoms with Gasteiger partial charge in [-0.15, -0.1) is 0 Å². The number of rotatable bonds is 3. The summed E-state index contributed by atoms with van der Waals surface area (Å²) >= 11 is 0. The van der Waals surface area contributed by atoms with Crippen molar-refractivity contribution in [2.75, 3.05) is 0 Å². The van der Waals surface area contributed by atoms with Crippen LogP contribution in [0.15, 0.2) is 10.7 Å². The van der Waals surface area contributed by atoms with Crippen LogP contribution in [0.1, 0.15) is 28.0 Å². The van der Waals surface area contributed by atoms with Crippen molar-refractivity contribution in [3.8, 4) is 0 Å². The Bertz CT molecular complexity index is 529. The van der Waals surface area contributed by atoms with Gasteiger partial charge in [0.05, 0.1) is 12.7 Å². The normalized spacial score (nSPS) is 10.6. The average Bonchev–Trinajstić information content (AvgIpc) is 2.76. The highest BCUT2D eigenvalue weighted by Gasteiger charge is 2.15. The maximum absolute atomic E-state index is 10.9. The molecule has 0 aliphatic carbocycles. The van der Waals surface area contributed by atoms with Crippen molar-refractivity contribution >= 4 is 5.97 Å². The van der Waals surface area contributed by atoms with Gasteiger partial charge in [-0.3, -0.25) is 0 Å². The van der Waals surface area contributed by atoms with Crippen molar-refractivity contribution in [1.82, 2.24) is 19.7 Å². The standard InChI is InChI=1S/C9H10N4O3/c1-5-10-3-7(9(14)15)13(5)4-8-11-6(2)16-12-8/h3H,4H2,1-2H3,(H,14,15). The van der Waals surface area contributed by atoms with E-state index in [4.69, 9.17) is 9.63 Å². The Morgan fingerprint density at radius 3 is 2.88 bits per heavy atom. The molecular formula is C9H10N4O3. The summed E-state index contributed by atoms with van der Waals surface area (Å²) in [4.78, 5) is 18.8. The molecule has 2 rings (SSSR count). The minimum absolute atomic E-state index is 0.111. The number of carbonyl (C=O) groups is 1. The van der Waals surface area contributed by atoms with E-state index in [2.05, 4.69) is 15.1 Å². The summed E-state index contributed by atoms with van der Waals surface area (Å²) in [5.41, 5.74) is 0.111. The van der Waals surface area contributed by atoms with E-state index in [1.165, 1.54) is 10.8 Å². The Morgan fingerprint density at radius 1 is 1.56 bits per heavy atom. The van der Waals surface area contributed by atoms with Gasteiger partial charge in [0.25, 0.3) is 0 Å². The number of carboxylic acids is 1. The molecule has 0 atom stereocenters. The Kier molecular flexibility index (Phi) is 2.43. The molecule has 0 saturated carbocycles. The van der Waals surface area contributed by atoms with Crippen molar-refractivity contribution in [1.29, 1.82) is 0 Å². The molecular weight excluding hydrogens is 212 g/mol. The second kappa shape index (κ2) is 3.76.